The highest BCUT2D eigenvalue weighted by Gasteiger charge is 2.19. The van der Waals surface area contributed by atoms with Crippen LogP contribution in [0, 0.1) is 0 Å². The highest BCUT2D eigenvalue weighted by Crippen LogP contribution is 2.16. The van der Waals surface area contributed by atoms with Crippen LogP contribution in [0.5, 0.6) is 0 Å². The summed E-state index contributed by atoms with van der Waals surface area (Å²) < 4.78 is 16.9. The molecule has 0 amide bonds. The number of carbonyl (C=O) groups is 3. The SMILES string of the molecule is CCCCC/C=C\C/C=C\CCCCCCCCCC(=O)OC[C@H](COC(=O)CCCCCCCCC/C=C\CCCCCC)OC(=O)CCCCCCCCCCC/C=C\CCCCCCCC. The van der Waals surface area contributed by atoms with Crippen LogP contribution in [0.15, 0.2) is 48.6 Å². The maximum absolute atomic E-state index is 12.9. The van der Waals surface area contributed by atoms with Crippen molar-refractivity contribution in [2.24, 2.45) is 0 Å². The van der Waals surface area contributed by atoms with Crippen molar-refractivity contribution in [3.8, 4) is 0 Å². The van der Waals surface area contributed by atoms with E-state index in [1.54, 1.807) is 0 Å². The molecule has 69 heavy (non-hydrogen) atoms. The van der Waals surface area contributed by atoms with E-state index in [1.807, 2.05) is 0 Å². The number of ether oxygens (including phenoxy) is 3. The second kappa shape index (κ2) is 57.9. The maximum Gasteiger partial charge on any atom is 0.306 e. The van der Waals surface area contributed by atoms with Gasteiger partial charge in [-0.1, -0.05) is 243 Å². The summed E-state index contributed by atoms with van der Waals surface area (Å²) in [7, 11) is 0. The van der Waals surface area contributed by atoms with Crippen molar-refractivity contribution < 1.29 is 28.6 Å². The Balaban J connectivity index is 4.37. The summed E-state index contributed by atoms with van der Waals surface area (Å²) in [5.41, 5.74) is 0. The quantitative estimate of drug-likeness (QED) is 0.0262. The predicted octanol–water partition coefficient (Wildman–Crippen LogP) is 20.2. The summed E-state index contributed by atoms with van der Waals surface area (Å²) in [6.07, 6.45) is 71.0. The number of rotatable bonds is 55. The van der Waals surface area contributed by atoms with Crippen molar-refractivity contribution in [2.75, 3.05) is 13.2 Å². The number of allylic oxidation sites excluding steroid dienone is 8. The van der Waals surface area contributed by atoms with Gasteiger partial charge in [0.2, 0.25) is 0 Å². The lowest BCUT2D eigenvalue weighted by Gasteiger charge is -2.18. The van der Waals surface area contributed by atoms with E-state index in [9.17, 15) is 14.4 Å². The lowest BCUT2D eigenvalue weighted by molar-refractivity contribution is -0.167. The van der Waals surface area contributed by atoms with E-state index in [4.69, 9.17) is 14.2 Å². The first kappa shape index (κ1) is 66.4. The molecule has 0 aromatic heterocycles. The van der Waals surface area contributed by atoms with Crippen molar-refractivity contribution in [3.63, 3.8) is 0 Å². The number of esters is 3. The van der Waals surface area contributed by atoms with Gasteiger partial charge in [0.1, 0.15) is 13.2 Å². The van der Waals surface area contributed by atoms with Gasteiger partial charge in [0.15, 0.2) is 6.10 Å². The molecule has 0 aromatic carbocycles. The maximum atomic E-state index is 12.9. The fraction of sp³-hybridized carbons (Fsp3) is 0.825. The van der Waals surface area contributed by atoms with Gasteiger partial charge in [0.25, 0.3) is 0 Å². The van der Waals surface area contributed by atoms with Crippen molar-refractivity contribution >= 4 is 17.9 Å². The zero-order valence-corrected chi connectivity index (χ0v) is 46.1. The van der Waals surface area contributed by atoms with Crippen LogP contribution in [-0.4, -0.2) is 37.2 Å². The summed E-state index contributed by atoms with van der Waals surface area (Å²) in [5.74, 6) is -0.875. The summed E-state index contributed by atoms with van der Waals surface area (Å²) >= 11 is 0. The zero-order chi connectivity index (χ0) is 50.0. The lowest BCUT2D eigenvalue weighted by atomic mass is 10.1. The first-order chi connectivity index (χ1) is 34.0. The Labute approximate surface area is 428 Å². The fourth-order valence-electron chi connectivity index (χ4n) is 8.70. The van der Waals surface area contributed by atoms with Gasteiger partial charge in [-0.05, 0) is 103 Å². The molecule has 0 fully saturated rings. The first-order valence-corrected chi connectivity index (χ1v) is 30.1. The van der Waals surface area contributed by atoms with E-state index in [0.717, 1.165) is 70.6 Å². The molecule has 1 atom stereocenters. The molecule has 402 valence electrons. The largest absolute Gasteiger partial charge is 0.462 e. The monoisotopic (exact) mass is 967 g/mol. The molecule has 0 aliphatic rings. The van der Waals surface area contributed by atoms with E-state index >= 15 is 0 Å². The van der Waals surface area contributed by atoms with E-state index in [-0.39, 0.29) is 31.1 Å². The second-order valence-electron chi connectivity index (χ2n) is 20.2. The molecule has 0 bridgehead atoms. The molecule has 0 aliphatic carbocycles. The molecular formula is C63H114O6. The van der Waals surface area contributed by atoms with Crippen LogP contribution in [0.3, 0.4) is 0 Å². The summed E-state index contributed by atoms with van der Waals surface area (Å²) in [4.78, 5) is 38.2. The molecule has 0 aromatic rings. The fourth-order valence-corrected chi connectivity index (χ4v) is 8.70. The molecule has 0 unspecified atom stereocenters. The van der Waals surface area contributed by atoms with Crippen molar-refractivity contribution in [1.82, 2.24) is 0 Å². The Kier molecular flexibility index (Phi) is 55.7. The minimum atomic E-state index is -0.779. The Hall–Kier alpha value is -2.63. The Morgan fingerprint density at radius 1 is 0.290 bits per heavy atom. The molecule has 0 saturated heterocycles. The smallest absolute Gasteiger partial charge is 0.306 e. The van der Waals surface area contributed by atoms with Gasteiger partial charge in [-0.15, -0.1) is 0 Å². The summed E-state index contributed by atoms with van der Waals surface area (Å²) in [6.45, 7) is 6.62. The van der Waals surface area contributed by atoms with Crippen LogP contribution in [0.25, 0.3) is 0 Å². The molecule has 0 N–H and O–H groups in total. The number of unbranched alkanes of at least 4 members (excludes halogenated alkanes) is 36. The lowest BCUT2D eigenvalue weighted by Crippen LogP contribution is -2.30. The Morgan fingerprint density at radius 3 is 0.855 bits per heavy atom. The van der Waals surface area contributed by atoms with Crippen LogP contribution < -0.4 is 0 Å². The minimum Gasteiger partial charge on any atom is -0.462 e. The van der Waals surface area contributed by atoms with Gasteiger partial charge in [-0.25, -0.2) is 0 Å². The Bertz CT molecular complexity index is 1200. The average molecular weight is 968 g/mol. The number of carbonyl (C=O) groups excluding carboxylic acids is 3. The van der Waals surface area contributed by atoms with Crippen LogP contribution in [0.1, 0.15) is 316 Å². The Morgan fingerprint density at radius 2 is 0.522 bits per heavy atom. The highest BCUT2D eigenvalue weighted by molar-refractivity contribution is 5.71. The van der Waals surface area contributed by atoms with Gasteiger partial charge in [-0.3, -0.25) is 14.4 Å². The van der Waals surface area contributed by atoms with Crippen molar-refractivity contribution in [1.29, 1.82) is 0 Å². The molecule has 6 heteroatoms. The number of hydrogen-bond acceptors (Lipinski definition) is 6. The minimum absolute atomic E-state index is 0.0769. The van der Waals surface area contributed by atoms with E-state index in [0.29, 0.717) is 19.3 Å². The highest BCUT2D eigenvalue weighted by atomic mass is 16.6. The van der Waals surface area contributed by atoms with Crippen molar-refractivity contribution in [2.45, 2.75) is 322 Å². The number of hydrogen-bond donors (Lipinski definition) is 0. The third-order valence-corrected chi connectivity index (χ3v) is 13.3. The third-order valence-electron chi connectivity index (χ3n) is 13.3. The standard InChI is InChI=1S/C63H114O6/c1-4-7-10-13-16-19-22-25-28-30-31-33-36-39-42-45-48-51-54-57-63(66)69-60(58-67-61(64)55-52-49-46-43-40-37-34-27-24-21-18-15-12-9-6-3)59-68-62(65)56-53-50-47-44-41-38-35-32-29-26-23-20-17-14-11-8-5-2/h17,20-21,24-26,28-29,60H,4-16,18-19,22-23,27,30-59H2,1-3H3/b20-17-,24-21-,28-25-,29-26-/t60-/m0/s1. The molecule has 0 saturated carbocycles. The van der Waals surface area contributed by atoms with Gasteiger partial charge in [0.05, 0.1) is 0 Å². The van der Waals surface area contributed by atoms with Crippen LogP contribution in [0.2, 0.25) is 0 Å². The molecular weight excluding hydrogens is 853 g/mol. The normalized spacial score (nSPS) is 12.3. The van der Waals surface area contributed by atoms with Crippen LogP contribution >= 0.6 is 0 Å². The zero-order valence-electron chi connectivity index (χ0n) is 46.1. The van der Waals surface area contributed by atoms with E-state index in [1.165, 1.54) is 205 Å². The van der Waals surface area contributed by atoms with E-state index < -0.39 is 6.10 Å². The van der Waals surface area contributed by atoms with Crippen LogP contribution in [-0.2, 0) is 28.6 Å². The second-order valence-corrected chi connectivity index (χ2v) is 20.2. The molecule has 6 nitrogen and oxygen atoms in total. The predicted molar refractivity (Wildman–Crippen MR) is 298 cm³/mol. The van der Waals surface area contributed by atoms with Crippen molar-refractivity contribution in [3.05, 3.63) is 48.6 Å². The summed E-state index contributed by atoms with van der Waals surface area (Å²) in [5, 5.41) is 0. The summed E-state index contributed by atoms with van der Waals surface area (Å²) in [6, 6.07) is 0. The average Bonchev–Trinajstić information content (AvgIpc) is 3.35. The first-order valence-electron chi connectivity index (χ1n) is 30.1. The third kappa shape index (κ3) is 56.2. The topological polar surface area (TPSA) is 78.9 Å². The van der Waals surface area contributed by atoms with E-state index in [2.05, 4.69) is 69.4 Å². The molecule has 0 radical (unpaired) electrons. The van der Waals surface area contributed by atoms with Gasteiger partial charge in [0, 0.05) is 19.3 Å². The molecule has 0 rings (SSSR count). The molecule has 0 spiro atoms. The van der Waals surface area contributed by atoms with Gasteiger partial charge in [-0.2, -0.15) is 0 Å². The van der Waals surface area contributed by atoms with Crippen LogP contribution in [0.4, 0.5) is 0 Å². The van der Waals surface area contributed by atoms with Gasteiger partial charge < -0.3 is 14.2 Å². The van der Waals surface area contributed by atoms with Gasteiger partial charge >= 0.3 is 17.9 Å². The molecule has 0 aliphatic heterocycles. The molecule has 0 heterocycles.